The summed E-state index contributed by atoms with van der Waals surface area (Å²) in [6, 6.07) is 8.30. The van der Waals surface area contributed by atoms with Crippen molar-refractivity contribution in [2.45, 2.75) is 20.4 Å². The van der Waals surface area contributed by atoms with E-state index >= 15 is 0 Å². The molecule has 102 valence electrons. The highest BCUT2D eigenvalue weighted by atomic mass is 15.2. The van der Waals surface area contributed by atoms with E-state index in [4.69, 9.17) is 5.84 Å². The van der Waals surface area contributed by atoms with Gasteiger partial charge in [0.15, 0.2) is 0 Å². The molecule has 0 spiro atoms. The second-order valence-electron chi connectivity index (χ2n) is 4.42. The fraction of sp³-hybridized carbons (Fsp3) is 0.571. The molecule has 1 aliphatic heterocycles. The molecule has 0 aromatic heterocycles. The SMILES string of the molecule is CC.CN1CCN(Cc2ccc(NN)cc2)CC1. The van der Waals surface area contributed by atoms with Crippen molar-refractivity contribution in [2.75, 3.05) is 38.7 Å². The number of hydrogen-bond acceptors (Lipinski definition) is 4. The summed E-state index contributed by atoms with van der Waals surface area (Å²) >= 11 is 0. The summed E-state index contributed by atoms with van der Waals surface area (Å²) in [5.74, 6) is 5.33. The molecule has 0 atom stereocenters. The Bertz CT molecular complexity index is 315. The van der Waals surface area contributed by atoms with Crippen LogP contribution >= 0.6 is 0 Å². The van der Waals surface area contributed by atoms with Crippen LogP contribution in [0.15, 0.2) is 24.3 Å². The van der Waals surface area contributed by atoms with E-state index in [1.165, 1.54) is 18.7 Å². The van der Waals surface area contributed by atoms with E-state index in [1.807, 2.05) is 26.0 Å². The predicted molar refractivity (Wildman–Crippen MR) is 78.4 cm³/mol. The Kier molecular flexibility index (Phi) is 6.72. The summed E-state index contributed by atoms with van der Waals surface area (Å²) in [5, 5.41) is 0. The van der Waals surface area contributed by atoms with Gasteiger partial charge < -0.3 is 10.3 Å². The number of rotatable bonds is 3. The maximum Gasteiger partial charge on any atom is 0.0485 e. The van der Waals surface area contributed by atoms with Crippen molar-refractivity contribution in [1.29, 1.82) is 0 Å². The van der Waals surface area contributed by atoms with Gasteiger partial charge in [0, 0.05) is 38.4 Å². The van der Waals surface area contributed by atoms with E-state index in [2.05, 4.69) is 34.4 Å². The van der Waals surface area contributed by atoms with Gasteiger partial charge in [0.1, 0.15) is 0 Å². The molecule has 1 aromatic rings. The third kappa shape index (κ3) is 4.64. The summed E-state index contributed by atoms with van der Waals surface area (Å²) in [6.07, 6.45) is 0. The topological polar surface area (TPSA) is 44.5 Å². The number of nitrogen functional groups attached to an aromatic ring is 1. The minimum atomic E-state index is 0.960. The van der Waals surface area contributed by atoms with Crippen LogP contribution in [0.5, 0.6) is 0 Å². The van der Waals surface area contributed by atoms with Crippen LogP contribution in [0.25, 0.3) is 0 Å². The predicted octanol–water partition coefficient (Wildman–Crippen LogP) is 1.75. The fourth-order valence-electron chi connectivity index (χ4n) is 1.97. The molecular formula is C14H26N4. The molecule has 18 heavy (non-hydrogen) atoms. The molecule has 0 amide bonds. The molecule has 0 unspecified atom stereocenters. The zero-order chi connectivity index (χ0) is 13.4. The Hall–Kier alpha value is -1.10. The molecule has 1 aliphatic rings. The zero-order valence-electron chi connectivity index (χ0n) is 11.8. The van der Waals surface area contributed by atoms with Gasteiger partial charge in [-0.25, -0.2) is 0 Å². The minimum Gasteiger partial charge on any atom is -0.324 e. The molecule has 0 radical (unpaired) electrons. The maximum absolute atomic E-state index is 5.33. The lowest BCUT2D eigenvalue weighted by atomic mass is 10.2. The van der Waals surface area contributed by atoms with Crippen molar-refractivity contribution in [3.8, 4) is 0 Å². The molecule has 0 bridgehead atoms. The van der Waals surface area contributed by atoms with Crippen LogP contribution < -0.4 is 11.3 Å². The van der Waals surface area contributed by atoms with Crippen LogP contribution in [-0.4, -0.2) is 43.0 Å². The van der Waals surface area contributed by atoms with Gasteiger partial charge in [-0.2, -0.15) is 0 Å². The van der Waals surface area contributed by atoms with Crippen molar-refractivity contribution in [3.05, 3.63) is 29.8 Å². The quantitative estimate of drug-likeness (QED) is 0.633. The van der Waals surface area contributed by atoms with E-state index in [-0.39, 0.29) is 0 Å². The number of hydrazine groups is 1. The normalized spacial score (nSPS) is 16.9. The number of hydrogen-bond donors (Lipinski definition) is 2. The molecule has 1 aromatic carbocycles. The number of nitrogens with zero attached hydrogens (tertiary/aromatic N) is 2. The van der Waals surface area contributed by atoms with Gasteiger partial charge in [0.05, 0.1) is 0 Å². The average Bonchev–Trinajstić information content (AvgIpc) is 2.44. The Morgan fingerprint density at radius 2 is 1.61 bits per heavy atom. The van der Waals surface area contributed by atoms with Gasteiger partial charge in [-0.05, 0) is 24.7 Å². The van der Waals surface area contributed by atoms with E-state index in [1.54, 1.807) is 0 Å². The molecule has 4 nitrogen and oxygen atoms in total. The van der Waals surface area contributed by atoms with E-state index < -0.39 is 0 Å². The highest BCUT2D eigenvalue weighted by Gasteiger charge is 2.13. The Balaban J connectivity index is 0.000000771. The van der Waals surface area contributed by atoms with Crippen LogP contribution in [0.3, 0.4) is 0 Å². The lowest BCUT2D eigenvalue weighted by molar-refractivity contribution is 0.148. The lowest BCUT2D eigenvalue weighted by Gasteiger charge is -2.32. The molecule has 4 heteroatoms. The minimum absolute atomic E-state index is 0.960. The average molecular weight is 250 g/mol. The smallest absolute Gasteiger partial charge is 0.0485 e. The van der Waals surface area contributed by atoms with E-state index in [0.29, 0.717) is 0 Å². The van der Waals surface area contributed by atoms with Crippen LogP contribution in [0.1, 0.15) is 19.4 Å². The summed E-state index contributed by atoms with van der Waals surface area (Å²) in [5.41, 5.74) is 4.95. The zero-order valence-corrected chi connectivity index (χ0v) is 11.8. The van der Waals surface area contributed by atoms with Crippen molar-refractivity contribution < 1.29 is 0 Å². The standard InChI is InChI=1S/C12H20N4.C2H6/c1-15-6-8-16(9-7-15)10-11-2-4-12(14-13)5-3-11;1-2/h2-5,14H,6-10,13H2,1H3;1-2H3. The Morgan fingerprint density at radius 1 is 1.06 bits per heavy atom. The van der Waals surface area contributed by atoms with Crippen LogP contribution in [0.4, 0.5) is 5.69 Å². The summed E-state index contributed by atoms with van der Waals surface area (Å²) in [6.45, 7) is 9.70. The highest BCUT2D eigenvalue weighted by Crippen LogP contribution is 2.11. The third-order valence-corrected chi connectivity index (χ3v) is 3.12. The van der Waals surface area contributed by atoms with Crippen LogP contribution in [-0.2, 0) is 6.54 Å². The van der Waals surface area contributed by atoms with Gasteiger partial charge in [-0.1, -0.05) is 26.0 Å². The lowest BCUT2D eigenvalue weighted by Crippen LogP contribution is -2.43. The van der Waals surface area contributed by atoms with Crippen molar-refractivity contribution in [2.24, 2.45) is 5.84 Å². The largest absolute Gasteiger partial charge is 0.324 e. The first-order valence-electron chi connectivity index (χ1n) is 6.74. The second-order valence-corrected chi connectivity index (χ2v) is 4.42. The molecule has 3 N–H and O–H groups in total. The van der Waals surface area contributed by atoms with Crippen molar-refractivity contribution >= 4 is 5.69 Å². The molecule has 1 heterocycles. The number of nitrogens with two attached hydrogens (primary N) is 1. The molecule has 2 rings (SSSR count). The van der Waals surface area contributed by atoms with Gasteiger partial charge >= 0.3 is 0 Å². The monoisotopic (exact) mass is 250 g/mol. The number of likely N-dealkylation sites (N-methyl/N-ethyl adjacent to an activating group) is 1. The van der Waals surface area contributed by atoms with Crippen molar-refractivity contribution in [1.82, 2.24) is 9.80 Å². The number of piperazine rings is 1. The summed E-state index contributed by atoms with van der Waals surface area (Å²) in [7, 11) is 2.18. The molecule has 0 saturated carbocycles. The molecule has 0 aliphatic carbocycles. The Labute approximate surface area is 111 Å². The maximum atomic E-state index is 5.33. The molecule has 1 fully saturated rings. The van der Waals surface area contributed by atoms with Gasteiger partial charge in [0.2, 0.25) is 0 Å². The Morgan fingerprint density at radius 3 is 2.11 bits per heavy atom. The summed E-state index contributed by atoms with van der Waals surface area (Å²) < 4.78 is 0. The van der Waals surface area contributed by atoms with Gasteiger partial charge in [-0.15, -0.1) is 0 Å². The van der Waals surface area contributed by atoms with Crippen LogP contribution in [0, 0.1) is 0 Å². The van der Waals surface area contributed by atoms with Gasteiger partial charge in [-0.3, -0.25) is 10.7 Å². The number of anilines is 1. The number of benzene rings is 1. The second kappa shape index (κ2) is 8.08. The fourth-order valence-corrected chi connectivity index (χ4v) is 1.97. The molecule has 1 saturated heterocycles. The summed E-state index contributed by atoms with van der Waals surface area (Å²) in [4.78, 5) is 4.86. The van der Waals surface area contributed by atoms with E-state index in [0.717, 1.165) is 25.3 Å². The van der Waals surface area contributed by atoms with E-state index in [9.17, 15) is 0 Å². The first-order chi connectivity index (χ1) is 8.78. The van der Waals surface area contributed by atoms with Gasteiger partial charge in [0.25, 0.3) is 0 Å². The van der Waals surface area contributed by atoms with Crippen molar-refractivity contribution in [3.63, 3.8) is 0 Å². The first kappa shape index (κ1) is 15.0. The first-order valence-corrected chi connectivity index (χ1v) is 6.74. The highest BCUT2D eigenvalue weighted by molar-refractivity contribution is 5.43. The number of nitrogens with one attached hydrogen (secondary N) is 1. The van der Waals surface area contributed by atoms with Crippen LogP contribution in [0.2, 0.25) is 0 Å². The third-order valence-electron chi connectivity index (χ3n) is 3.12. The molecular weight excluding hydrogens is 224 g/mol.